The van der Waals surface area contributed by atoms with Crippen molar-refractivity contribution in [3.05, 3.63) is 72.2 Å². The van der Waals surface area contributed by atoms with E-state index in [1.807, 2.05) is 30.3 Å². The summed E-state index contributed by atoms with van der Waals surface area (Å²) in [6, 6.07) is 17.2. The molecule has 174 valence electrons. The standard InChI is InChI=1S/C25H30FN5O2/c1-31(24(32)14-15-27-25(33)28-21-11-4-2-5-12-21)16-7-3-6-13-22-18-23(30-29-22)19-9-8-10-20(26)17-19/h2,4-5,8-12,17-18H,3,6-7,13-16H2,1H3,(H,29,30)(H2,27,28,33). The molecular weight excluding hydrogens is 421 g/mol. The number of hydrogen-bond acceptors (Lipinski definition) is 3. The van der Waals surface area contributed by atoms with Crippen LogP contribution in [-0.4, -0.2) is 47.2 Å². The number of unbranched alkanes of at least 4 members (excludes halogenated alkanes) is 2. The Bertz CT molecular complexity index is 1040. The lowest BCUT2D eigenvalue weighted by molar-refractivity contribution is -0.129. The number of aromatic amines is 1. The first-order chi connectivity index (χ1) is 16.0. The van der Waals surface area contributed by atoms with Gasteiger partial charge in [-0.15, -0.1) is 0 Å². The molecule has 0 radical (unpaired) electrons. The molecule has 3 aromatic rings. The van der Waals surface area contributed by atoms with Crippen LogP contribution in [0.2, 0.25) is 0 Å². The summed E-state index contributed by atoms with van der Waals surface area (Å²) in [5.74, 6) is -0.273. The highest BCUT2D eigenvalue weighted by Crippen LogP contribution is 2.19. The lowest BCUT2D eigenvalue weighted by atomic mass is 10.1. The van der Waals surface area contributed by atoms with Gasteiger partial charge in [0.15, 0.2) is 0 Å². The number of aromatic nitrogens is 2. The number of carbonyl (C=O) groups is 2. The van der Waals surface area contributed by atoms with E-state index in [0.29, 0.717) is 12.2 Å². The summed E-state index contributed by atoms with van der Waals surface area (Å²) >= 11 is 0. The lowest BCUT2D eigenvalue weighted by Crippen LogP contribution is -2.34. The van der Waals surface area contributed by atoms with Crippen molar-refractivity contribution in [3.8, 4) is 11.3 Å². The average Bonchev–Trinajstić information content (AvgIpc) is 3.28. The molecule has 3 N–H and O–H groups in total. The number of H-pyrrole nitrogens is 1. The van der Waals surface area contributed by atoms with Crippen molar-refractivity contribution in [2.75, 3.05) is 25.5 Å². The number of hydrogen-bond donors (Lipinski definition) is 3. The summed E-state index contributed by atoms with van der Waals surface area (Å²) < 4.78 is 13.4. The van der Waals surface area contributed by atoms with Crippen LogP contribution in [0.25, 0.3) is 11.3 Å². The Balaban J connectivity index is 1.27. The number of aryl methyl sites for hydroxylation is 1. The van der Waals surface area contributed by atoms with E-state index in [2.05, 4.69) is 20.8 Å². The molecule has 0 atom stereocenters. The van der Waals surface area contributed by atoms with Gasteiger partial charge in [-0.3, -0.25) is 9.89 Å². The van der Waals surface area contributed by atoms with E-state index >= 15 is 0 Å². The fraction of sp³-hybridized carbons (Fsp3) is 0.320. The summed E-state index contributed by atoms with van der Waals surface area (Å²) in [7, 11) is 1.78. The minimum atomic E-state index is -0.323. The Morgan fingerprint density at radius 2 is 1.85 bits per heavy atom. The van der Waals surface area contributed by atoms with E-state index in [1.54, 1.807) is 30.1 Å². The Morgan fingerprint density at radius 1 is 1.03 bits per heavy atom. The predicted molar refractivity (Wildman–Crippen MR) is 127 cm³/mol. The molecule has 7 nitrogen and oxygen atoms in total. The summed E-state index contributed by atoms with van der Waals surface area (Å²) in [4.78, 5) is 25.8. The second kappa shape index (κ2) is 12.4. The van der Waals surface area contributed by atoms with Gasteiger partial charge >= 0.3 is 6.03 Å². The largest absolute Gasteiger partial charge is 0.346 e. The van der Waals surface area contributed by atoms with Crippen molar-refractivity contribution in [2.24, 2.45) is 0 Å². The van der Waals surface area contributed by atoms with Crippen LogP contribution in [0.5, 0.6) is 0 Å². The third-order valence-corrected chi connectivity index (χ3v) is 5.27. The summed E-state index contributed by atoms with van der Waals surface area (Å²) in [5, 5.41) is 12.7. The molecule has 0 unspecified atom stereocenters. The van der Waals surface area contributed by atoms with Crippen LogP contribution in [0.4, 0.5) is 14.9 Å². The third-order valence-electron chi connectivity index (χ3n) is 5.27. The van der Waals surface area contributed by atoms with Crippen LogP contribution in [0, 0.1) is 5.82 Å². The zero-order valence-corrected chi connectivity index (χ0v) is 18.8. The molecular formula is C25H30FN5O2. The molecule has 0 bridgehead atoms. The summed E-state index contributed by atoms with van der Waals surface area (Å²) in [5.41, 5.74) is 3.21. The van der Waals surface area contributed by atoms with Gasteiger partial charge in [0.1, 0.15) is 5.82 Å². The first-order valence-corrected chi connectivity index (χ1v) is 11.2. The maximum absolute atomic E-state index is 13.4. The van der Waals surface area contributed by atoms with E-state index < -0.39 is 0 Å². The third kappa shape index (κ3) is 8.07. The molecule has 0 fully saturated rings. The summed E-state index contributed by atoms with van der Waals surface area (Å²) in [6.45, 7) is 0.960. The molecule has 2 aromatic carbocycles. The van der Waals surface area contributed by atoms with Crippen LogP contribution >= 0.6 is 0 Å². The number of amides is 3. The van der Waals surface area contributed by atoms with E-state index in [-0.39, 0.29) is 30.7 Å². The molecule has 1 aromatic heterocycles. The molecule has 0 saturated heterocycles. The molecule has 0 aliphatic heterocycles. The van der Waals surface area contributed by atoms with Gasteiger partial charge < -0.3 is 15.5 Å². The van der Waals surface area contributed by atoms with Crippen LogP contribution in [0.1, 0.15) is 31.4 Å². The minimum Gasteiger partial charge on any atom is -0.346 e. The van der Waals surface area contributed by atoms with Crippen molar-refractivity contribution < 1.29 is 14.0 Å². The SMILES string of the molecule is CN(CCCCCc1cc(-c2cccc(F)c2)n[nH]1)C(=O)CCNC(=O)Nc1ccccc1. The first-order valence-electron chi connectivity index (χ1n) is 11.2. The topological polar surface area (TPSA) is 90.1 Å². The Morgan fingerprint density at radius 3 is 2.64 bits per heavy atom. The van der Waals surface area contributed by atoms with Gasteiger partial charge in [-0.2, -0.15) is 5.10 Å². The van der Waals surface area contributed by atoms with E-state index in [1.165, 1.54) is 12.1 Å². The van der Waals surface area contributed by atoms with Crippen molar-refractivity contribution in [3.63, 3.8) is 0 Å². The van der Waals surface area contributed by atoms with Crippen LogP contribution in [0.15, 0.2) is 60.7 Å². The van der Waals surface area contributed by atoms with Crippen molar-refractivity contribution in [1.29, 1.82) is 0 Å². The second-order valence-corrected chi connectivity index (χ2v) is 7.91. The van der Waals surface area contributed by atoms with Gasteiger partial charge in [-0.25, -0.2) is 9.18 Å². The quantitative estimate of drug-likeness (QED) is 0.372. The van der Waals surface area contributed by atoms with Crippen LogP contribution < -0.4 is 10.6 Å². The fourth-order valence-electron chi connectivity index (χ4n) is 3.42. The zero-order valence-electron chi connectivity index (χ0n) is 18.8. The first kappa shape index (κ1) is 24.0. The number of urea groups is 1. The Labute approximate surface area is 193 Å². The highest BCUT2D eigenvalue weighted by atomic mass is 19.1. The fourth-order valence-corrected chi connectivity index (χ4v) is 3.42. The maximum atomic E-state index is 13.4. The smallest absolute Gasteiger partial charge is 0.319 e. The number of nitrogens with one attached hydrogen (secondary N) is 3. The second-order valence-electron chi connectivity index (χ2n) is 7.91. The highest BCUT2D eigenvalue weighted by Gasteiger charge is 2.10. The van der Waals surface area contributed by atoms with Crippen molar-refractivity contribution in [2.45, 2.75) is 32.1 Å². The van der Waals surface area contributed by atoms with Gasteiger partial charge in [0.2, 0.25) is 5.91 Å². The molecule has 3 amide bonds. The van der Waals surface area contributed by atoms with Gasteiger partial charge in [0.05, 0.1) is 5.69 Å². The van der Waals surface area contributed by atoms with Gasteiger partial charge in [0.25, 0.3) is 0 Å². The van der Waals surface area contributed by atoms with Crippen molar-refractivity contribution in [1.82, 2.24) is 20.4 Å². The monoisotopic (exact) mass is 451 g/mol. The van der Waals surface area contributed by atoms with E-state index in [4.69, 9.17) is 0 Å². The number of benzene rings is 2. The number of carbonyl (C=O) groups excluding carboxylic acids is 2. The number of anilines is 1. The minimum absolute atomic E-state index is 0.00307. The lowest BCUT2D eigenvalue weighted by Gasteiger charge is -2.17. The molecule has 0 saturated carbocycles. The normalized spacial score (nSPS) is 10.6. The average molecular weight is 452 g/mol. The molecule has 0 spiro atoms. The predicted octanol–water partition coefficient (Wildman–Crippen LogP) is 4.60. The number of halogens is 1. The molecule has 8 heteroatoms. The Hall–Kier alpha value is -3.68. The van der Waals surface area contributed by atoms with Crippen LogP contribution in [-0.2, 0) is 11.2 Å². The van der Waals surface area contributed by atoms with Crippen molar-refractivity contribution >= 4 is 17.6 Å². The molecule has 33 heavy (non-hydrogen) atoms. The van der Waals surface area contributed by atoms with E-state index in [0.717, 1.165) is 42.6 Å². The molecule has 0 aliphatic rings. The highest BCUT2D eigenvalue weighted by molar-refractivity contribution is 5.89. The Kier molecular flexibility index (Phi) is 8.99. The van der Waals surface area contributed by atoms with Gasteiger partial charge in [0, 0.05) is 43.5 Å². The number of rotatable bonds is 11. The maximum Gasteiger partial charge on any atom is 0.319 e. The zero-order chi connectivity index (χ0) is 23.5. The van der Waals surface area contributed by atoms with E-state index in [9.17, 15) is 14.0 Å². The van der Waals surface area contributed by atoms with Gasteiger partial charge in [-0.1, -0.05) is 36.8 Å². The molecule has 1 heterocycles. The molecule has 0 aliphatic carbocycles. The number of nitrogens with zero attached hydrogens (tertiary/aromatic N) is 2. The summed E-state index contributed by atoms with van der Waals surface area (Å²) in [6.07, 6.45) is 3.95. The van der Waals surface area contributed by atoms with Crippen LogP contribution in [0.3, 0.4) is 0 Å². The van der Waals surface area contributed by atoms with Gasteiger partial charge in [-0.05, 0) is 49.6 Å². The molecule has 3 rings (SSSR count). The number of para-hydroxylation sites is 1.